The Balaban J connectivity index is 2.58. The summed E-state index contributed by atoms with van der Waals surface area (Å²) in [5, 5.41) is 3.36. The second-order valence-electron chi connectivity index (χ2n) is 5.27. The van der Waals surface area contributed by atoms with Gasteiger partial charge in [-0.25, -0.2) is 0 Å². The summed E-state index contributed by atoms with van der Waals surface area (Å²) < 4.78 is 11.0. The zero-order valence-corrected chi connectivity index (χ0v) is 13.3. The highest BCUT2D eigenvalue weighted by Crippen LogP contribution is 2.24. The normalized spacial score (nSPS) is 12.9. The van der Waals surface area contributed by atoms with Gasteiger partial charge >= 0.3 is 0 Å². The minimum Gasteiger partial charge on any atom is -0.496 e. The maximum Gasteiger partial charge on any atom is 0.123 e. The van der Waals surface area contributed by atoms with Crippen molar-refractivity contribution in [2.75, 3.05) is 40.9 Å². The van der Waals surface area contributed by atoms with Crippen LogP contribution < -0.4 is 10.1 Å². The van der Waals surface area contributed by atoms with Crippen LogP contribution in [-0.4, -0.2) is 51.9 Å². The molecule has 0 saturated heterocycles. The second-order valence-corrected chi connectivity index (χ2v) is 5.27. The molecule has 4 nitrogen and oxygen atoms in total. The largest absolute Gasteiger partial charge is 0.496 e. The van der Waals surface area contributed by atoms with Crippen LogP contribution in [0, 0.1) is 0 Å². The van der Waals surface area contributed by atoms with Gasteiger partial charge in [0, 0.05) is 24.7 Å². The SMILES string of the molecule is CNC(CN(C)CCOC(C)C)c1ccccc1OC. The van der Waals surface area contributed by atoms with Gasteiger partial charge in [-0.15, -0.1) is 0 Å². The lowest BCUT2D eigenvalue weighted by molar-refractivity contribution is 0.0624. The molecule has 0 spiro atoms. The topological polar surface area (TPSA) is 33.7 Å². The number of methoxy groups -OCH3 is 1. The first-order valence-electron chi connectivity index (χ1n) is 7.18. The zero-order valence-electron chi connectivity index (χ0n) is 13.3. The van der Waals surface area contributed by atoms with Crippen LogP contribution >= 0.6 is 0 Å². The number of ether oxygens (including phenoxy) is 2. The molecule has 0 aliphatic carbocycles. The summed E-state index contributed by atoms with van der Waals surface area (Å²) in [4.78, 5) is 2.27. The van der Waals surface area contributed by atoms with Crippen LogP contribution in [0.5, 0.6) is 5.75 Å². The fourth-order valence-electron chi connectivity index (χ4n) is 2.15. The monoisotopic (exact) mass is 280 g/mol. The molecule has 0 bridgehead atoms. The standard InChI is InChI=1S/C16H28N2O2/c1-13(2)20-11-10-18(4)12-15(17-3)14-8-6-7-9-16(14)19-5/h6-9,13,15,17H,10-12H2,1-5H3. The van der Waals surface area contributed by atoms with Crippen molar-refractivity contribution in [1.29, 1.82) is 0 Å². The van der Waals surface area contributed by atoms with Gasteiger partial charge < -0.3 is 19.7 Å². The minimum atomic E-state index is 0.246. The quantitative estimate of drug-likeness (QED) is 0.752. The van der Waals surface area contributed by atoms with Crippen LogP contribution in [0.4, 0.5) is 0 Å². The first-order chi connectivity index (χ1) is 9.58. The van der Waals surface area contributed by atoms with Crippen molar-refractivity contribution < 1.29 is 9.47 Å². The third kappa shape index (κ3) is 5.49. The summed E-state index contributed by atoms with van der Waals surface area (Å²) in [7, 11) is 5.81. The lowest BCUT2D eigenvalue weighted by Crippen LogP contribution is -2.33. The Bertz CT molecular complexity index is 382. The number of rotatable bonds is 9. The van der Waals surface area contributed by atoms with Gasteiger partial charge in [-0.05, 0) is 34.0 Å². The van der Waals surface area contributed by atoms with Gasteiger partial charge in [-0.2, -0.15) is 0 Å². The molecule has 0 amide bonds. The van der Waals surface area contributed by atoms with E-state index in [1.165, 1.54) is 5.56 Å². The molecule has 0 fully saturated rings. The van der Waals surface area contributed by atoms with Crippen molar-refractivity contribution >= 4 is 0 Å². The Morgan fingerprint density at radius 2 is 1.95 bits per heavy atom. The predicted octanol–water partition coefficient (Wildman–Crippen LogP) is 2.31. The molecule has 1 unspecified atom stereocenters. The van der Waals surface area contributed by atoms with E-state index in [4.69, 9.17) is 9.47 Å². The molecule has 1 aromatic carbocycles. The van der Waals surface area contributed by atoms with Gasteiger partial charge in [-0.3, -0.25) is 0 Å². The van der Waals surface area contributed by atoms with Crippen LogP contribution in [0.1, 0.15) is 25.5 Å². The van der Waals surface area contributed by atoms with Crippen LogP contribution in [0.2, 0.25) is 0 Å². The Morgan fingerprint density at radius 3 is 2.55 bits per heavy atom. The second kappa shape index (κ2) is 8.95. The van der Waals surface area contributed by atoms with Gasteiger partial charge in [0.25, 0.3) is 0 Å². The molecule has 0 heterocycles. The average molecular weight is 280 g/mol. The number of nitrogens with zero attached hydrogens (tertiary/aromatic N) is 1. The summed E-state index contributed by atoms with van der Waals surface area (Å²) in [6, 6.07) is 8.40. The number of nitrogens with one attached hydrogen (secondary N) is 1. The molecule has 0 aliphatic rings. The first kappa shape index (κ1) is 17.0. The van der Waals surface area contributed by atoms with Gasteiger partial charge in [0.15, 0.2) is 0 Å². The molecule has 4 heteroatoms. The van der Waals surface area contributed by atoms with Crippen molar-refractivity contribution in [3.63, 3.8) is 0 Å². The van der Waals surface area contributed by atoms with Crippen LogP contribution in [0.15, 0.2) is 24.3 Å². The van der Waals surface area contributed by atoms with Gasteiger partial charge in [0.2, 0.25) is 0 Å². The van der Waals surface area contributed by atoms with Gasteiger partial charge in [0.1, 0.15) is 5.75 Å². The molecule has 1 rings (SSSR count). The van der Waals surface area contributed by atoms with Crippen LogP contribution in [0.3, 0.4) is 0 Å². The number of hydrogen-bond donors (Lipinski definition) is 1. The smallest absolute Gasteiger partial charge is 0.123 e. The lowest BCUT2D eigenvalue weighted by Gasteiger charge is -2.25. The highest BCUT2D eigenvalue weighted by Gasteiger charge is 2.15. The molecule has 0 saturated carbocycles. The number of para-hydroxylation sites is 1. The third-order valence-electron chi connectivity index (χ3n) is 3.28. The van der Waals surface area contributed by atoms with Crippen LogP contribution in [0.25, 0.3) is 0 Å². The van der Waals surface area contributed by atoms with Crippen molar-refractivity contribution in [2.45, 2.75) is 26.0 Å². The molecular formula is C16H28N2O2. The van der Waals surface area contributed by atoms with Crippen molar-refractivity contribution in [2.24, 2.45) is 0 Å². The van der Waals surface area contributed by atoms with E-state index in [9.17, 15) is 0 Å². The van der Waals surface area contributed by atoms with Crippen LogP contribution in [-0.2, 0) is 4.74 Å². The third-order valence-corrected chi connectivity index (χ3v) is 3.28. The van der Waals surface area contributed by atoms with Gasteiger partial charge in [0.05, 0.1) is 19.8 Å². The van der Waals surface area contributed by atoms with E-state index >= 15 is 0 Å². The Morgan fingerprint density at radius 1 is 1.25 bits per heavy atom. The molecule has 0 aliphatic heterocycles. The maximum absolute atomic E-state index is 5.59. The molecular weight excluding hydrogens is 252 g/mol. The average Bonchev–Trinajstić information content (AvgIpc) is 2.44. The maximum atomic E-state index is 5.59. The van der Waals surface area contributed by atoms with E-state index in [0.29, 0.717) is 0 Å². The van der Waals surface area contributed by atoms with Crippen molar-refractivity contribution in [3.8, 4) is 5.75 Å². The number of hydrogen-bond acceptors (Lipinski definition) is 4. The van der Waals surface area contributed by atoms with Crippen molar-refractivity contribution in [1.82, 2.24) is 10.2 Å². The summed E-state index contributed by atoms with van der Waals surface area (Å²) in [6.07, 6.45) is 0.290. The molecule has 114 valence electrons. The Hall–Kier alpha value is -1.10. The molecule has 1 aromatic rings. The molecule has 0 radical (unpaired) electrons. The molecule has 0 aromatic heterocycles. The Labute approximate surface area is 123 Å². The molecule has 1 atom stereocenters. The summed E-state index contributed by atoms with van der Waals surface area (Å²) in [5.41, 5.74) is 1.19. The van der Waals surface area contributed by atoms with E-state index < -0.39 is 0 Å². The number of likely N-dealkylation sites (N-methyl/N-ethyl adjacent to an activating group) is 2. The minimum absolute atomic E-state index is 0.246. The Kier molecular flexibility index (Phi) is 7.59. The van der Waals surface area contributed by atoms with Gasteiger partial charge in [-0.1, -0.05) is 18.2 Å². The van der Waals surface area contributed by atoms with E-state index in [-0.39, 0.29) is 12.1 Å². The highest BCUT2D eigenvalue weighted by molar-refractivity contribution is 5.36. The van der Waals surface area contributed by atoms with E-state index in [1.807, 2.05) is 25.2 Å². The van der Waals surface area contributed by atoms with E-state index in [1.54, 1.807) is 7.11 Å². The lowest BCUT2D eigenvalue weighted by atomic mass is 10.1. The first-order valence-corrected chi connectivity index (χ1v) is 7.18. The summed E-state index contributed by atoms with van der Waals surface area (Å²) >= 11 is 0. The summed E-state index contributed by atoms with van der Waals surface area (Å²) in [6.45, 7) is 6.72. The van der Waals surface area contributed by atoms with Crippen molar-refractivity contribution in [3.05, 3.63) is 29.8 Å². The van der Waals surface area contributed by atoms with E-state index in [2.05, 4.69) is 37.2 Å². The number of benzene rings is 1. The predicted molar refractivity (Wildman–Crippen MR) is 83.4 cm³/mol. The zero-order chi connectivity index (χ0) is 15.0. The molecule has 20 heavy (non-hydrogen) atoms. The highest BCUT2D eigenvalue weighted by atomic mass is 16.5. The van der Waals surface area contributed by atoms with E-state index in [0.717, 1.165) is 25.4 Å². The summed E-state index contributed by atoms with van der Waals surface area (Å²) in [5.74, 6) is 0.929. The molecule has 1 N–H and O–H groups in total. The fraction of sp³-hybridized carbons (Fsp3) is 0.625. The fourth-order valence-corrected chi connectivity index (χ4v) is 2.15.